The first-order chi connectivity index (χ1) is 14.9. The molecule has 0 saturated heterocycles. The molecule has 0 radical (unpaired) electrons. The van der Waals surface area contributed by atoms with Crippen LogP contribution in [0.2, 0.25) is 15.1 Å². The van der Waals surface area contributed by atoms with E-state index in [4.69, 9.17) is 44.3 Å². The summed E-state index contributed by atoms with van der Waals surface area (Å²) in [5.74, 6) is 0.799. The van der Waals surface area contributed by atoms with Crippen molar-refractivity contribution in [2.24, 2.45) is 0 Å². The Bertz CT molecular complexity index is 925. The molecular weight excluding hydrogens is 463 g/mol. The van der Waals surface area contributed by atoms with E-state index in [1.54, 1.807) is 42.5 Å². The van der Waals surface area contributed by atoms with Gasteiger partial charge in [-0.25, -0.2) is 0 Å². The Kier molecular flexibility index (Phi) is 8.69. The van der Waals surface area contributed by atoms with Crippen LogP contribution < -0.4 is 20.1 Å². The summed E-state index contributed by atoms with van der Waals surface area (Å²) in [6, 6.07) is 11.9. The van der Waals surface area contributed by atoms with Gasteiger partial charge in [-0.15, -0.1) is 0 Å². The Morgan fingerprint density at radius 2 is 1.58 bits per heavy atom. The number of hydrogen-bond acceptors (Lipinski definition) is 4. The molecule has 2 aromatic carbocycles. The largest absolute Gasteiger partial charge is 0.493 e. The van der Waals surface area contributed by atoms with Crippen molar-refractivity contribution in [3.05, 3.63) is 57.5 Å². The molecule has 9 heteroatoms. The third kappa shape index (κ3) is 7.80. The first-order valence-corrected chi connectivity index (χ1v) is 11.1. The van der Waals surface area contributed by atoms with E-state index in [1.807, 2.05) is 0 Å². The zero-order valence-electron chi connectivity index (χ0n) is 16.7. The van der Waals surface area contributed by atoms with Crippen molar-refractivity contribution in [3.8, 4) is 11.5 Å². The van der Waals surface area contributed by atoms with E-state index in [0.717, 1.165) is 12.8 Å². The van der Waals surface area contributed by atoms with Gasteiger partial charge in [0.2, 0.25) is 5.91 Å². The summed E-state index contributed by atoms with van der Waals surface area (Å²) in [4.78, 5) is 24.3. The van der Waals surface area contributed by atoms with Crippen LogP contribution in [0, 0.1) is 0 Å². The summed E-state index contributed by atoms with van der Waals surface area (Å²) in [7, 11) is 0. The van der Waals surface area contributed by atoms with Crippen molar-refractivity contribution in [2.45, 2.75) is 37.8 Å². The van der Waals surface area contributed by atoms with Crippen LogP contribution in [0.15, 0.2) is 42.5 Å². The molecule has 3 rings (SSSR count). The van der Waals surface area contributed by atoms with Gasteiger partial charge in [0, 0.05) is 23.2 Å². The minimum atomic E-state index is -0.224. The Balaban J connectivity index is 1.32. The highest BCUT2D eigenvalue weighted by Gasteiger charge is 2.27. The zero-order chi connectivity index (χ0) is 22.2. The highest BCUT2D eigenvalue weighted by molar-refractivity contribution is 6.42. The monoisotopic (exact) mass is 484 g/mol. The van der Waals surface area contributed by atoms with Crippen LogP contribution in [-0.4, -0.2) is 37.1 Å². The Labute approximate surface area is 196 Å². The van der Waals surface area contributed by atoms with Crippen LogP contribution >= 0.6 is 34.8 Å². The molecule has 1 fully saturated rings. The second kappa shape index (κ2) is 11.5. The summed E-state index contributed by atoms with van der Waals surface area (Å²) in [5.41, 5.74) is 0. The fourth-order valence-electron chi connectivity index (χ4n) is 3.35. The average molecular weight is 486 g/mol. The third-order valence-electron chi connectivity index (χ3n) is 4.82. The van der Waals surface area contributed by atoms with Crippen LogP contribution in [0.1, 0.15) is 25.7 Å². The van der Waals surface area contributed by atoms with Gasteiger partial charge in [0.1, 0.15) is 11.5 Å². The summed E-state index contributed by atoms with van der Waals surface area (Å²) in [6.07, 6.45) is 2.53. The predicted molar refractivity (Wildman–Crippen MR) is 121 cm³/mol. The molecular formula is C22H23Cl3N2O4. The minimum absolute atomic E-state index is 0.00193. The Morgan fingerprint density at radius 3 is 2.29 bits per heavy atom. The second-order valence-corrected chi connectivity index (χ2v) is 8.51. The summed E-state index contributed by atoms with van der Waals surface area (Å²) >= 11 is 17.7. The first-order valence-electron chi connectivity index (χ1n) is 9.94. The van der Waals surface area contributed by atoms with E-state index < -0.39 is 0 Å². The molecule has 2 atom stereocenters. The Hall–Kier alpha value is -2.15. The van der Waals surface area contributed by atoms with Crippen LogP contribution in [0.5, 0.6) is 11.5 Å². The molecule has 1 saturated carbocycles. The molecule has 2 unspecified atom stereocenters. The lowest BCUT2D eigenvalue weighted by Gasteiger charge is -2.15. The minimum Gasteiger partial charge on any atom is -0.493 e. The standard InChI is InChI=1S/C22H23Cl3N2O4/c23-14-2-1-3-17(10-14)30-9-8-21(28)26-15-4-5-16(11-15)27-22(29)13-31-18-6-7-19(24)20(25)12-18/h1-3,6-7,10,12,15-16H,4-5,8-9,11,13H2,(H,26,28)(H,27,29). The highest BCUT2D eigenvalue weighted by Crippen LogP contribution is 2.26. The van der Waals surface area contributed by atoms with E-state index in [2.05, 4.69) is 10.6 Å². The normalized spacial score (nSPS) is 17.8. The van der Waals surface area contributed by atoms with Gasteiger partial charge in [0.15, 0.2) is 6.61 Å². The molecule has 0 spiro atoms. The molecule has 0 aliphatic heterocycles. The SMILES string of the molecule is O=C(CCOc1cccc(Cl)c1)NC1CCC(NC(=O)COc2ccc(Cl)c(Cl)c2)C1. The molecule has 31 heavy (non-hydrogen) atoms. The fraction of sp³-hybridized carbons (Fsp3) is 0.364. The van der Waals surface area contributed by atoms with Gasteiger partial charge in [-0.3, -0.25) is 9.59 Å². The number of halogens is 3. The van der Waals surface area contributed by atoms with E-state index in [9.17, 15) is 9.59 Å². The molecule has 1 aliphatic carbocycles. The molecule has 6 nitrogen and oxygen atoms in total. The number of nitrogens with one attached hydrogen (secondary N) is 2. The number of amides is 2. The highest BCUT2D eigenvalue weighted by atomic mass is 35.5. The van der Waals surface area contributed by atoms with Gasteiger partial charge in [-0.2, -0.15) is 0 Å². The van der Waals surface area contributed by atoms with Gasteiger partial charge >= 0.3 is 0 Å². The summed E-state index contributed by atoms with van der Waals surface area (Å²) in [6.45, 7) is 0.150. The molecule has 0 heterocycles. The maximum atomic E-state index is 12.2. The van der Waals surface area contributed by atoms with Gasteiger partial charge in [0.25, 0.3) is 5.91 Å². The lowest BCUT2D eigenvalue weighted by atomic mass is 10.2. The van der Waals surface area contributed by atoms with Crippen molar-refractivity contribution in [3.63, 3.8) is 0 Å². The molecule has 2 N–H and O–H groups in total. The van der Waals surface area contributed by atoms with E-state index >= 15 is 0 Å². The molecule has 2 aromatic rings. The summed E-state index contributed by atoms with van der Waals surface area (Å²) < 4.78 is 11.0. The van der Waals surface area contributed by atoms with Crippen molar-refractivity contribution in [1.82, 2.24) is 10.6 Å². The van der Waals surface area contributed by atoms with Gasteiger partial charge in [-0.05, 0) is 49.6 Å². The van der Waals surface area contributed by atoms with E-state index in [-0.39, 0.29) is 43.5 Å². The van der Waals surface area contributed by atoms with E-state index in [1.165, 1.54) is 0 Å². The number of carbonyl (C=O) groups is 2. The average Bonchev–Trinajstić information content (AvgIpc) is 3.15. The van der Waals surface area contributed by atoms with Gasteiger partial charge in [-0.1, -0.05) is 40.9 Å². The topological polar surface area (TPSA) is 76.7 Å². The summed E-state index contributed by atoms with van der Waals surface area (Å²) in [5, 5.41) is 7.31. The third-order valence-corrected chi connectivity index (χ3v) is 5.79. The fourth-order valence-corrected chi connectivity index (χ4v) is 3.82. The van der Waals surface area contributed by atoms with Gasteiger partial charge in [0.05, 0.1) is 23.1 Å². The zero-order valence-corrected chi connectivity index (χ0v) is 19.0. The maximum absolute atomic E-state index is 12.2. The molecule has 166 valence electrons. The first kappa shape index (κ1) is 23.5. The van der Waals surface area contributed by atoms with Gasteiger partial charge < -0.3 is 20.1 Å². The van der Waals surface area contributed by atoms with E-state index in [0.29, 0.717) is 33.0 Å². The smallest absolute Gasteiger partial charge is 0.258 e. The lowest BCUT2D eigenvalue weighted by Crippen LogP contribution is -2.39. The number of rotatable bonds is 9. The van der Waals surface area contributed by atoms with Crippen LogP contribution in [-0.2, 0) is 9.59 Å². The lowest BCUT2D eigenvalue weighted by molar-refractivity contribution is -0.123. The van der Waals surface area contributed by atoms with Crippen molar-refractivity contribution in [2.75, 3.05) is 13.2 Å². The molecule has 0 bridgehead atoms. The van der Waals surface area contributed by atoms with Crippen LogP contribution in [0.25, 0.3) is 0 Å². The predicted octanol–water partition coefficient (Wildman–Crippen LogP) is 4.65. The Morgan fingerprint density at radius 1 is 0.871 bits per heavy atom. The molecule has 0 aromatic heterocycles. The number of ether oxygens (including phenoxy) is 2. The number of benzene rings is 2. The van der Waals surface area contributed by atoms with Crippen molar-refractivity contribution >= 4 is 46.6 Å². The van der Waals surface area contributed by atoms with Crippen molar-refractivity contribution < 1.29 is 19.1 Å². The van der Waals surface area contributed by atoms with Crippen LogP contribution in [0.3, 0.4) is 0 Å². The van der Waals surface area contributed by atoms with Crippen LogP contribution in [0.4, 0.5) is 0 Å². The molecule has 2 amide bonds. The quantitative estimate of drug-likeness (QED) is 0.542. The number of hydrogen-bond donors (Lipinski definition) is 2. The second-order valence-electron chi connectivity index (χ2n) is 7.26. The maximum Gasteiger partial charge on any atom is 0.258 e. The molecule has 1 aliphatic rings. The van der Waals surface area contributed by atoms with Crippen molar-refractivity contribution in [1.29, 1.82) is 0 Å². The number of carbonyl (C=O) groups excluding carboxylic acids is 2.